The van der Waals surface area contributed by atoms with E-state index in [-0.39, 0.29) is 35.8 Å². The second-order valence-corrected chi connectivity index (χ2v) is 6.93. The number of nitrogens with one attached hydrogen (secondary N) is 1. The molecule has 0 unspecified atom stereocenters. The molecule has 22 heavy (non-hydrogen) atoms. The number of esters is 1. The highest BCUT2D eigenvalue weighted by molar-refractivity contribution is 5.85. The van der Waals surface area contributed by atoms with Gasteiger partial charge in [-0.25, -0.2) is 0 Å². The quantitative estimate of drug-likeness (QED) is 0.859. The average Bonchev–Trinajstić information content (AvgIpc) is 2.48. The highest BCUT2D eigenvalue weighted by Crippen LogP contribution is 2.29. The molecule has 1 aromatic rings. The van der Waals surface area contributed by atoms with E-state index in [0.29, 0.717) is 0 Å². The van der Waals surface area contributed by atoms with Crippen molar-refractivity contribution in [3.05, 3.63) is 35.4 Å². The van der Waals surface area contributed by atoms with E-state index < -0.39 is 0 Å². The zero-order chi connectivity index (χ0) is 15.5. The molecule has 0 spiro atoms. The van der Waals surface area contributed by atoms with Gasteiger partial charge in [0.2, 0.25) is 0 Å². The largest absolute Gasteiger partial charge is 0.469 e. The third-order valence-electron chi connectivity index (χ3n) is 4.34. The lowest BCUT2D eigenvalue weighted by Crippen LogP contribution is -2.42. The first-order valence-electron chi connectivity index (χ1n) is 7.85. The summed E-state index contributed by atoms with van der Waals surface area (Å²) < 4.78 is 5.04. The molecular weight excluding hydrogens is 298 g/mol. The lowest BCUT2D eigenvalue weighted by molar-refractivity contribution is -0.143. The third kappa shape index (κ3) is 4.47. The van der Waals surface area contributed by atoms with Crippen molar-refractivity contribution in [1.29, 1.82) is 0 Å². The molecule has 1 aliphatic rings. The van der Waals surface area contributed by atoms with Gasteiger partial charge < -0.3 is 10.1 Å². The zero-order valence-corrected chi connectivity index (χ0v) is 14.8. The lowest BCUT2D eigenvalue weighted by Gasteiger charge is -2.30. The Hall–Kier alpha value is -1.06. The van der Waals surface area contributed by atoms with Gasteiger partial charge in [-0.15, -0.1) is 12.4 Å². The average molecular weight is 326 g/mol. The summed E-state index contributed by atoms with van der Waals surface area (Å²) in [6.07, 6.45) is 3.39. The molecular formula is C18H28ClNO2. The SMILES string of the molecule is COC(=O)[C@@H](c1ccc(C(C)(C)C)cc1)[C@@H]1CCCCN1.Cl. The Balaban J connectivity index is 0.00000242. The molecule has 2 rings (SSSR count). The molecule has 0 aromatic heterocycles. The van der Waals surface area contributed by atoms with E-state index in [1.807, 2.05) is 0 Å². The monoisotopic (exact) mass is 325 g/mol. The van der Waals surface area contributed by atoms with Crippen molar-refractivity contribution in [1.82, 2.24) is 5.32 Å². The van der Waals surface area contributed by atoms with E-state index in [9.17, 15) is 4.79 Å². The Morgan fingerprint density at radius 1 is 1.23 bits per heavy atom. The number of halogens is 1. The van der Waals surface area contributed by atoms with E-state index in [1.165, 1.54) is 25.5 Å². The minimum Gasteiger partial charge on any atom is -0.469 e. The van der Waals surface area contributed by atoms with E-state index in [1.54, 1.807) is 0 Å². The molecule has 1 saturated heterocycles. The van der Waals surface area contributed by atoms with Crippen molar-refractivity contribution in [3.8, 4) is 0 Å². The van der Waals surface area contributed by atoms with Crippen molar-refractivity contribution < 1.29 is 9.53 Å². The fourth-order valence-electron chi connectivity index (χ4n) is 3.01. The summed E-state index contributed by atoms with van der Waals surface area (Å²) in [6.45, 7) is 7.58. The van der Waals surface area contributed by atoms with Crippen LogP contribution in [0.5, 0.6) is 0 Å². The summed E-state index contributed by atoms with van der Waals surface area (Å²) in [5, 5.41) is 3.48. The first-order valence-corrected chi connectivity index (χ1v) is 7.85. The minimum atomic E-state index is -0.204. The maximum absolute atomic E-state index is 12.2. The Morgan fingerprint density at radius 3 is 2.32 bits per heavy atom. The van der Waals surface area contributed by atoms with Gasteiger partial charge in [-0.1, -0.05) is 51.5 Å². The summed E-state index contributed by atoms with van der Waals surface area (Å²) in [7, 11) is 1.47. The number of ether oxygens (including phenoxy) is 1. The number of rotatable bonds is 3. The van der Waals surface area contributed by atoms with Gasteiger partial charge in [0, 0.05) is 6.04 Å². The molecule has 124 valence electrons. The third-order valence-corrected chi connectivity index (χ3v) is 4.34. The summed E-state index contributed by atoms with van der Waals surface area (Å²) in [6, 6.07) is 8.62. The number of methoxy groups -OCH3 is 1. The first-order chi connectivity index (χ1) is 9.93. The van der Waals surface area contributed by atoms with Crippen LogP contribution in [0.1, 0.15) is 57.1 Å². The normalized spacial score (nSPS) is 19.9. The number of benzene rings is 1. The van der Waals surface area contributed by atoms with Gasteiger partial charge in [-0.2, -0.15) is 0 Å². The standard InChI is InChI=1S/C18H27NO2.ClH/c1-18(2,3)14-10-8-13(9-11-14)16(17(20)21-4)15-7-5-6-12-19-15;/h8-11,15-16,19H,5-7,12H2,1-4H3;1H/t15-,16-;/m0./s1. The van der Waals surface area contributed by atoms with Gasteiger partial charge in [0.15, 0.2) is 0 Å². The Kier molecular flexibility index (Phi) is 6.89. The van der Waals surface area contributed by atoms with Crippen LogP contribution in [0.3, 0.4) is 0 Å². The van der Waals surface area contributed by atoms with Crippen LogP contribution in [-0.2, 0) is 14.9 Å². The number of hydrogen-bond donors (Lipinski definition) is 1. The maximum Gasteiger partial charge on any atom is 0.314 e. The van der Waals surface area contributed by atoms with Crippen molar-refractivity contribution in [3.63, 3.8) is 0 Å². The lowest BCUT2D eigenvalue weighted by atomic mass is 9.83. The summed E-state index contributed by atoms with van der Waals surface area (Å²) in [5.74, 6) is -0.345. The first kappa shape index (κ1) is 19.0. The molecule has 1 N–H and O–H groups in total. The molecule has 0 bridgehead atoms. The fourth-order valence-corrected chi connectivity index (χ4v) is 3.01. The molecule has 2 atom stereocenters. The van der Waals surface area contributed by atoms with Gasteiger partial charge in [-0.3, -0.25) is 4.79 Å². The van der Waals surface area contributed by atoms with Gasteiger partial charge >= 0.3 is 5.97 Å². The number of hydrogen-bond acceptors (Lipinski definition) is 3. The van der Waals surface area contributed by atoms with Crippen LogP contribution < -0.4 is 5.32 Å². The van der Waals surface area contributed by atoms with Gasteiger partial charge in [-0.05, 0) is 35.9 Å². The molecule has 1 aliphatic heterocycles. The van der Waals surface area contributed by atoms with Crippen LogP contribution in [0.2, 0.25) is 0 Å². The van der Waals surface area contributed by atoms with Crippen molar-refractivity contribution in [2.75, 3.05) is 13.7 Å². The molecule has 0 amide bonds. The molecule has 3 nitrogen and oxygen atoms in total. The van der Waals surface area contributed by atoms with Gasteiger partial charge in [0.05, 0.1) is 13.0 Å². The van der Waals surface area contributed by atoms with E-state index in [0.717, 1.165) is 18.5 Å². The molecule has 1 heterocycles. The predicted octanol–water partition coefficient (Wildman–Crippen LogP) is 3.80. The molecule has 0 aliphatic carbocycles. The van der Waals surface area contributed by atoms with Crippen LogP contribution in [-0.4, -0.2) is 25.7 Å². The molecule has 4 heteroatoms. The maximum atomic E-state index is 12.2. The topological polar surface area (TPSA) is 38.3 Å². The Morgan fingerprint density at radius 2 is 1.86 bits per heavy atom. The van der Waals surface area contributed by atoms with E-state index in [2.05, 4.69) is 50.4 Å². The Labute approximate surface area is 140 Å². The molecule has 1 fully saturated rings. The molecule has 1 aromatic carbocycles. The van der Waals surface area contributed by atoms with Gasteiger partial charge in [0.1, 0.15) is 0 Å². The zero-order valence-electron chi connectivity index (χ0n) is 14.0. The fraction of sp³-hybridized carbons (Fsp3) is 0.611. The van der Waals surface area contributed by atoms with Crippen LogP contribution in [0.25, 0.3) is 0 Å². The Bertz CT molecular complexity index is 473. The predicted molar refractivity (Wildman–Crippen MR) is 92.8 cm³/mol. The number of carbonyl (C=O) groups is 1. The second-order valence-electron chi connectivity index (χ2n) is 6.93. The van der Waals surface area contributed by atoms with Gasteiger partial charge in [0.25, 0.3) is 0 Å². The van der Waals surface area contributed by atoms with E-state index >= 15 is 0 Å². The van der Waals surface area contributed by atoms with Crippen LogP contribution in [0.15, 0.2) is 24.3 Å². The summed E-state index contributed by atoms with van der Waals surface area (Å²) in [4.78, 5) is 12.2. The number of piperidine rings is 1. The van der Waals surface area contributed by atoms with Crippen molar-refractivity contribution >= 4 is 18.4 Å². The van der Waals surface area contributed by atoms with Crippen molar-refractivity contribution in [2.24, 2.45) is 0 Å². The van der Waals surface area contributed by atoms with Crippen molar-refractivity contribution in [2.45, 2.75) is 57.4 Å². The molecule has 0 saturated carbocycles. The van der Waals surface area contributed by atoms with Crippen LogP contribution >= 0.6 is 12.4 Å². The van der Waals surface area contributed by atoms with E-state index in [4.69, 9.17) is 4.74 Å². The highest BCUT2D eigenvalue weighted by atomic mass is 35.5. The second kappa shape index (κ2) is 7.98. The molecule has 0 radical (unpaired) electrons. The minimum absolute atomic E-state index is 0. The highest BCUT2D eigenvalue weighted by Gasteiger charge is 2.31. The summed E-state index contributed by atoms with van der Waals surface area (Å²) in [5.41, 5.74) is 2.46. The van der Waals surface area contributed by atoms with Crippen LogP contribution in [0.4, 0.5) is 0 Å². The van der Waals surface area contributed by atoms with Crippen LogP contribution in [0, 0.1) is 0 Å². The smallest absolute Gasteiger partial charge is 0.314 e. The number of carbonyl (C=O) groups excluding carboxylic acids is 1. The summed E-state index contributed by atoms with van der Waals surface area (Å²) >= 11 is 0.